The molecule has 1 aromatic rings. The van der Waals surface area contributed by atoms with E-state index in [1.54, 1.807) is 0 Å². The van der Waals surface area contributed by atoms with Crippen LogP contribution in [0.2, 0.25) is 0 Å². The highest BCUT2D eigenvalue weighted by Crippen LogP contribution is 2.36. The highest BCUT2D eigenvalue weighted by molar-refractivity contribution is 5.40. The monoisotopic (exact) mass is 219 g/mol. The lowest BCUT2D eigenvalue weighted by Gasteiger charge is -2.32. The van der Waals surface area contributed by atoms with Gasteiger partial charge in [0.1, 0.15) is 11.9 Å². The van der Waals surface area contributed by atoms with Crippen LogP contribution in [0.15, 0.2) is 18.2 Å². The molecule has 1 aliphatic heterocycles. The molecule has 16 heavy (non-hydrogen) atoms. The van der Waals surface area contributed by atoms with Crippen molar-refractivity contribution in [3.05, 3.63) is 29.3 Å². The fourth-order valence-electron chi connectivity index (χ4n) is 2.35. The van der Waals surface area contributed by atoms with Gasteiger partial charge < -0.3 is 10.1 Å². The second-order valence-corrected chi connectivity index (χ2v) is 4.54. The zero-order chi connectivity index (χ0) is 11.5. The van der Waals surface area contributed by atoms with E-state index in [-0.39, 0.29) is 0 Å². The Morgan fingerprint density at radius 3 is 2.88 bits per heavy atom. The van der Waals surface area contributed by atoms with Crippen LogP contribution in [0, 0.1) is 6.92 Å². The van der Waals surface area contributed by atoms with E-state index in [1.807, 2.05) is 0 Å². The molecule has 0 radical (unpaired) electrons. The Balaban J connectivity index is 2.31. The van der Waals surface area contributed by atoms with Gasteiger partial charge in [-0.3, -0.25) is 0 Å². The summed E-state index contributed by atoms with van der Waals surface area (Å²) in [6, 6.07) is 6.93. The normalized spacial score (nSPS) is 23.7. The number of rotatable bonds is 3. The molecule has 2 rings (SSSR count). The molecule has 2 atom stereocenters. The van der Waals surface area contributed by atoms with Crippen molar-refractivity contribution >= 4 is 0 Å². The lowest BCUT2D eigenvalue weighted by Crippen LogP contribution is -2.32. The van der Waals surface area contributed by atoms with Crippen molar-refractivity contribution in [2.24, 2.45) is 0 Å². The largest absolute Gasteiger partial charge is 0.490 e. The quantitative estimate of drug-likeness (QED) is 0.843. The predicted octanol–water partition coefficient (Wildman–Crippen LogP) is 3.21. The number of ether oxygens (including phenoxy) is 1. The van der Waals surface area contributed by atoms with E-state index in [2.05, 4.69) is 44.3 Å². The molecule has 2 unspecified atom stereocenters. The van der Waals surface area contributed by atoms with Gasteiger partial charge in [0.15, 0.2) is 0 Å². The first-order valence-electron chi connectivity index (χ1n) is 6.25. The van der Waals surface area contributed by atoms with E-state index in [9.17, 15) is 0 Å². The third-order valence-electron chi connectivity index (χ3n) is 3.24. The van der Waals surface area contributed by atoms with Gasteiger partial charge in [0.2, 0.25) is 0 Å². The molecule has 2 heteroatoms. The number of hydrogen-bond donors (Lipinski definition) is 1. The van der Waals surface area contributed by atoms with Gasteiger partial charge in [-0.15, -0.1) is 0 Å². The molecule has 0 fully saturated rings. The summed E-state index contributed by atoms with van der Waals surface area (Å²) in [6.07, 6.45) is 2.52. The summed E-state index contributed by atoms with van der Waals surface area (Å²) in [4.78, 5) is 0. The average Bonchev–Trinajstić information content (AvgIpc) is 2.30. The van der Waals surface area contributed by atoms with Gasteiger partial charge in [0, 0.05) is 18.0 Å². The van der Waals surface area contributed by atoms with Crippen molar-refractivity contribution in [2.45, 2.75) is 45.8 Å². The lowest BCUT2D eigenvalue weighted by molar-refractivity contribution is 0.146. The molecule has 1 aliphatic rings. The minimum Gasteiger partial charge on any atom is -0.490 e. The second kappa shape index (κ2) is 4.88. The van der Waals surface area contributed by atoms with Crippen LogP contribution in [-0.2, 0) is 0 Å². The summed E-state index contributed by atoms with van der Waals surface area (Å²) in [6.45, 7) is 7.49. The van der Waals surface area contributed by atoms with Crippen molar-refractivity contribution in [1.29, 1.82) is 0 Å². The first-order valence-corrected chi connectivity index (χ1v) is 6.25. The first kappa shape index (κ1) is 11.5. The van der Waals surface area contributed by atoms with E-state index in [0.29, 0.717) is 12.1 Å². The fraction of sp³-hybridized carbons (Fsp3) is 0.571. The van der Waals surface area contributed by atoms with Crippen LogP contribution in [0.5, 0.6) is 5.75 Å². The van der Waals surface area contributed by atoms with Gasteiger partial charge in [-0.2, -0.15) is 0 Å². The fourth-order valence-corrected chi connectivity index (χ4v) is 2.35. The van der Waals surface area contributed by atoms with Gasteiger partial charge in [0.25, 0.3) is 0 Å². The average molecular weight is 219 g/mol. The van der Waals surface area contributed by atoms with Crippen LogP contribution in [-0.4, -0.2) is 12.6 Å². The Hall–Kier alpha value is -1.02. The van der Waals surface area contributed by atoms with E-state index in [4.69, 9.17) is 4.74 Å². The van der Waals surface area contributed by atoms with E-state index in [0.717, 1.165) is 25.1 Å². The lowest BCUT2D eigenvalue weighted by atomic mass is 9.94. The molecule has 0 spiro atoms. The summed E-state index contributed by atoms with van der Waals surface area (Å²) < 4.78 is 5.97. The van der Waals surface area contributed by atoms with Gasteiger partial charge >= 0.3 is 0 Å². The molecule has 0 saturated carbocycles. The van der Waals surface area contributed by atoms with Crippen LogP contribution in [0.4, 0.5) is 0 Å². The SMILES string of the molecule is CCNC1CC(CC)Oc2ccc(C)cc21. The minimum atomic E-state index is 0.360. The third kappa shape index (κ3) is 2.22. The van der Waals surface area contributed by atoms with Crippen molar-refractivity contribution in [3.8, 4) is 5.75 Å². The molecule has 1 heterocycles. The summed E-state index contributed by atoms with van der Waals surface area (Å²) >= 11 is 0. The molecule has 0 bridgehead atoms. The number of hydrogen-bond acceptors (Lipinski definition) is 2. The minimum absolute atomic E-state index is 0.360. The van der Waals surface area contributed by atoms with Crippen LogP contribution in [0.3, 0.4) is 0 Å². The highest BCUT2D eigenvalue weighted by Gasteiger charge is 2.26. The van der Waals surface area contributed by atoms with Gasteiger partial charge in [-0.1, -0.05) is 31.5 Å². The molecular weight excluding hydrogens is 198 g/mol. The molecule has 0 aliphatic carbocycles. The Bertz CT molecular complexity index is 362. The maximum absolute atomic E-state index is 5.97. The molecule has 1 aromatic carbocycles. The van der Waals surface area contributed by atoms with Crippen molar-refractivity contribution in [2.75, 3.05) is 6.54 Å². The van der Waals surface area contributed by atoms with Crippen LogP contribution in [0.25, 0.3) is 0 Å². The Morgan fingerprint density at radius 2 is 2.19 bits per heavy atom. The number of nitrogens with one attached hydrogen (secondary N) is 1. The Labute approximate surface area is 98.0 Å². The van der Waals surface area contributed by atoms with Crippen LogP contribution < -0.4 is 10.1 Å². The summed E-state index contributed by atoms with van der Waals surface area (Å²) in [5.41, 5.74) is 2.63. The van der Waals surface area contributed by atoms with Crippen LogP contribution in [0.1, 0.15) is 43.9 Å². The molecule has 88 valence electrons. The summed E-state index contributed by atoms with van der Waals surface area (Å²) in [7, 11) is 0. The predicted molar refractivity (Wildman–Crippen MR) is 66.9 cm³/mol. The topological polar surface area (TPSA) is 21.3 Å². The summed E-state index contributed by atoms with van der Waals surface area (Å²) in [5, 5.41) is 3.55. The third-order valence-corrected chi connectivity index (χ3v) is 3.24. The molecule has 2 nitrogen and oxygen atoms in total. The number of fused-ring (bicyclic) bond motifs is 1. The maximum Gasteiger partial charge on any atom is 0.124 e. The van der Waals surface area contributed by atoms with Gasteiger partial charge in [0.05, 0.1) is 0 Å². The number of benzene rings is 1. The Morgan fingerprint density at radius 1 is 1.38 bits per heavy atom. The summed E-state index contributed by atoms with van der Waals surface area (Å²) in [5.74, 6) is 1.06. The zero-order valence-electron chi connectivity index (χ0n) is 10.4. The number of aryl methyl sites for hydroxylation is 1. The van der Waals surface area contributed by atoms with Crippen LogP contribution >= 0.6 is 0 Å². The zero-order valence-corrected chi connectivity index (χ0v) is 10.4. The molecule has 0 aromatic heterocycles. The van der Waals surface area contributed by atoms with Gasteiger partial charge in [-0.25, -0.2) is 0 Å². The Kier molecular flexibility index (Phi) is 3.49. The second-order valence-electron chi connectivity index (χ2n) is 4.54. The maximum atomic E-state index is 5.97. The van der Waals surface area contributed by atoms with Crippen molar-refractivity contribution < 1.29 is 4.74 Å². The smallest absolute Gasteiger partial charge is 0.124 e. The molecular formula is C14H21NO. The standard InChI is InChI=1S/C14H21NO/c1-4-11-9-13(15-5-2)12-8-10(3)6-7-14(12)16-11/h6-8,11,13,15H,4-5,9H2,1-3H3. The van der Waals surface area contributed by atoms with E-state index >= 15 is 0 Å². The van der Waals surface area contributed by atoms with Crippen molar-refractivity contribution in [3.63, 3.8) is 0 Å². The molecule has 1 N–H and O–H groups in total. The van der Waals surface area contributed by atoms with Crippen molar-refractivity contribution in [1.82, 2.24) is 5.32 Å². The molecule has 0 saturated heterocycles. The highest BCUT2D eigenvalue weighted by atomic mass is 16.5. The van der Waals surface area contributed by atoms with Gasteiger partial charge in [-0.05, 0) is 26.0 Å². The first-order chi connectivity index (χ1) is 7.74. The molecule has 0 amide bonds. The van der Waals surface area contributed by atoms with E-state index < -0.39 is 0 Å². The van der Waals surface area contributed by atoms with E-state index in [1.165, 1.54) is 11.1 Å².